The van der Waals surface area contributed by atoms with Crippen molar-refractivity contribution in [1.82, 2.24) is 5.32 Å². The zero-order valence-corrected chi connectivity index (χ0v) is 10.3. The van der Waals surface area contributed by atoms with Crippen LogP contribution in [0.1, 0.15) is 24.8 Å². The van der Waals surface area contributed by atoms with E-state index in [1.54, 1.807) is 0 Å². The molecule has 0 atom stereocenters. The smallest absolute Gasteiger partial charge is 0.304 e. The Kier molecular flexibility index (Phi) is 3.49. The van der Waals surface area contributed by atoms with E-state index >= 15 is 0 Å². The van der Waals surface area contributed by atoms with Gasteiger partial charge in [0.1, 0.15) is 0 Å². The summed E-state index contributed by atoms with van der Waals surface area (Å²) in [5, 5.41) is 3.19. The van der Waals surface area contributed by atoms with E-state index < -0.39 is 21.5 Å². The van der Waals surface area contributed by atoms with Gasteiger partial charge in [-0.1, -0.05) is 30.3 Å². The maximum atomic E-state index is 12.8. The Bertz CT molecular complexity index is 469. The molecule has 1 saturated carbocycles. The second kappa shape index (κ2) is 4.74. The molecule has 17 heavy (non-hydrogen) atoms. The molecule has 3 nitrogen and oxygen atoms in total. The lowest BCUT2D eigenvalue weighted by atomic mass is 9.78. The molecule has 0 aliphatic heterocycles. The summed E-state index contributed by atoms with van der Waals surface area (Å²) in [6, 6.07) is 9.70. The van der Waals surface area contributed by atoms with Crippen LogP contribution in [0, 0.1) is 0 Å². The molecule has 1 N–H and O–H groups in total. The highest BCUT2D eigenvalue weighted by Crippen LogP contribution is 2.33. The normalized spacial score (nSPS) is 18.6. The average Bonchev–Trinajstić information content (AvgIpc) is 2.22. The Labute approximate surface area is 101 Å². The zero-order chi connectivity index (χ0) is 12.4. The molecule has 0 unspecified atom stereocenters. The Morgan fingerprint density at radius 2 is 1.88 bits per heavy atom. The van der Waals surface area contributed by atoms with Crippen LogP contribution in [0.5, 0.6) is 0 Å². The molecule has 1 aliphatic rings. The minimum Gasteiger partial charge on any atom is -0.306 e. The van der Waals surface area contributed by atoms with E-state index in [0.29, 0.717) is 6.54 Å². The van der Waals surface area contributed by atoms with E-state index in [1.165, 1.54) is 0 Å². The van der Waals surface area contributed by atoms with Gasteiger partial charge in [0.05, 0.1) is 5.75 Å². The van der Waals surface area contributed by atoms with Gasteiger partial charge in [0.25, 0.3) is 0 Å². The van der Waals surface area contributed by atoms with Gasteiger partial charge in [-0.05, 0) is 24.8 Å². The maximum Gasteiger partial charge on any atom is 0.304 e. The van der Waals surface area contributed by atoms with Crippen LogP contribution in [0.3, 0.4) is 0 Å². The van der Waals surface area contributed by atoms with Crippen LogP contribution in [-0.4, -0.2) is 19.7 Å². The molecule has 5 heteroatoms. The SMILES string of the molecule is O=S(=O)(F)CC1(NCc2ccccc2)CCC1. The Hall–Kier alpha value is -0.940. The minimum atomic E-state index is -4.41. The third-order valence-electron chi connectivity index (χ3n) is 3.27. The van der Waals surface area contributed by atoms with E-state index in [-0.39, 0.29) is 0 Å². The van der Waals surface area contributed by atoms with Gasteiger partial charge in [-0.15, -0.1) is 3.89 Å². The number of rotatable bonds is 5. The van der Waals surface area contributed by atoms with Crippen LogP contribution < -0.4 is 5.32 Å². The largest absolute Gasteiger partial charge is 0.306 e. The monoisotopic (exact) mass is 257 g/mol. The van der Waals surface area contributed by atoms with Gasteiger partial charge in [0.15, 0.2) is 0 Å². The molecule has 0 radical (unpaired) electrons. The lowest BCUT2D eigenvalue weighted by molar-refractivity contribution is 0.208. The summed E-state index contributed by atoms with van der Waals surface area (Å²) in [5.74, 6) is -0.410. The standard InChI is InChI=1S/C12H16FNO2S/c13-17(15,16)10-12(7-4-8-12)14-9-11-5-2-1-3-6-11/h1-3,5-6,14H,4,7-10H2. The molecule has 1 aromatic rings. The number of hydrogen-bond donors (Lipinski definition) is 1. The summed E-state index contributed by atoms with van der Waals surface area (Å²) in [4.78, 5) is 0. The topological polar surface area (TPSA) is 46.2 Å². The van der Waals surface area contributed by atoms with E-state index in [0.717, 1.165) is 24.8 Å². The van der Waals surface area contributed by atoms with Crippen molar-refractivity contribution in [3.8, 4) is 0 Å². The Morgan fingerprint density at radius 1 is 1.24 bits per heavy atom. The van der Waals surface area contributed by atoms with Gasteiger partial charge in [-0.2, -0.15) is 8.42 Å². The van der Waals surface area contributed by atoms with Crippen LogP contribution in [-0.2, 0) is 16.8 Å². The van der Waals surface area contributed by atoms with Crippen LogP contribution in [0.15, 0.2) is 30.3 Å². The quantitative estimate of drug-likeness (QED) is 0.821. The molecular weight excluding hydrogens is 241 g/mol. The van der Waals surface area contributed by atoms with Crippen molar-refractivity contribution in [2.45, 2.75) is 31.3 Å². The molecule has 94 valence electrons. The maximum absolute atomic E-state index is 12.8. The van der Waals surface area contributed by atoms with Gasteiger partial charge < -0.3 is 5.32 Å². The van der Waals surface area contributed by atoms with E-state index in [2.05, 4.69) is 5.32 Å². The number of halogens is 1. The van der Waals surface area contributed by atoms with E-state index in [1.807, 2.05) is 30.3 Å². The first-order chi connectivity index (χ1) is 7.99. The third kappa shape index (κ3) is 3.51. The molecule has 1 aliphatic carbocycles. The van der Waals surface area contributed by atoms with Crippen LogP contribution in [0.2, 0.25) is 0 Å². The highest BCUT2D eigenvalue weighted by Gasteiger charge is 2.40. The summed E-state index contributed by atoms with van der Waals surface area (Å²) in [6.07, 6.45) is 2.41. The molecule has 2 rings (SSSR count). The minimum absolute atomic E-state index is 0.410. The fraction of sp³-hybridized carbons (Fsp3) is 0.500. The number of hydrogen-bond acceptors (Lipinski definition) is 3. The van der Waals surface area contributed by atoms with Gasteiger partial charge in [0.2, 0.25) is 0 Å². The molecule has 1 aromatic carbocycles. The molecule has 0 aromatic heterocycles. The van der Waals surface area contributed by atoms with Crippen molar-refractivity contribution in [2.24, 2.45) is 0 Å². The Morgan fingerprint density at radius 3 is 2.35 bits per heavy atom. The molecule has 0 bridgehead atoms. The first kappa shape index (κ1) is 12.5. The summed E-state index contributed by atoms with van der Waals surface area (Å²) >= 11 is 0. The third-order valence-corrected chi connectivity index (χ3v) is 4.17. The Balaban J connectivity index is 1.96. The van der Waals surface area contributed by atoms with E-state index in [4.69, 9.17) is 0 Å². The zero-order valence-electron chi connectivity index (χ0n) is 9.52. The number of benzene rings is 1. The van der Waals surface area contributed by atoms with Gasteiger partial charge in [-0.3, -0.25) is 0 Å². The first-order valence-corrected chi connectivity index (χ1v) is 7.26. The van der Waals surface area contributed by atoms with Crippen molar-refractivity contribution in [3.05, 3.63) is 35.9 Å². The molecular formula is C12H16FNO2S. The highest BCUT2D eigenvalue weighted by molar-refractivity contribution is 7.86. The van der Waals surface area contributed by atoms with Gasteiger partial charge in [0, 0.05) is 12.1 Å². The summed E-state index contributed by atoms with van der Waals surface area (Å²) in [6.45, 7) is 0.580. The second-order valence-corrected chi connectivity index (χ2v) is 6.02. The molecule has 1 fully saturated rings. The fourth-order valence-electron chi connectivity index (χ4n) is 2.19. The average molecular weight is 257 g/mol. The lowest BCUT2D eigenvalue weighted by Gasteiger charge is -2.41. The predicted molar refractivity (Wildman–Crippen MR) is 64.8 cm³/mol. The number of nitrogens with one attached hydrogen (secondary N) is 1. The summed E-state index contributed by atoms with van der Waals surface area (Å²) in [5.41, 5.74) is 0.527. The van der Waals surface area contributed by atoms with Crippen molar-refractivity contribution in [2.75, 3.05) is 5.75 Å². The lowest BCUT2D eigenvalue weighted by Crippen LogP contribution is -2.54. The summed E-state index contributed by atoms with van der Waals surface area (Å²) in [7, 11) is -4.41. The summed E-state index contributed by atoms with van der Waals surface area (Å²) < 4.78 is 34.3. The van der Waals surface area contributed by atoms with Crippen LogP contribution in [0.4, 0.5) is 3.89 Å². The molecule has 0 heterocycles. The molecule has 0 saturated heterocycles. The predicted octanol–water partition coefficient (Wildman–Crippen LogP) is 2.00. The fourth-order valence-corrected chi connectivity index (χ4v) is 3.24. The second-order valence-electron chi connectivity index (χ2n) is 4.66. The van der Waals surface area contributed by atoms with Gasteiger partial charge in [-0.25, -0.2) is 0 Å². The van der Waals surface area contributed by atoms with Crippen molar-refractivity contribution >= 4 is 10.2 Å². The molecule has 0 amide bonds. The van der Waals surface area contributed by atoms with Crippen LogP contribution in [0.25, 0.3) is 0 Å². The van der Waals surface area contributed by atoms with Crippen molar-refractivity contribution < 1.29 is 12.3 Å². The van der Waals surface area contributed by atoms with Gasteiger partial charge >= 0.3 is 10.2 Å². The van der Waals surface area contributed by atoms with Crippen molar-refractivity contribution in [3.63, 3.8) is 0 Å². The van der Waals surface area contributed by atoms with Crippen LogP contribution >= 0.6 is 0 Å². The van der Waals surface area contributed by atoms with E-state index in [9.17, 15) is 12.3 Å². The molecule has 0 spiro atoms. The first-order valence-electron chi connectivity index (χ1n) is 5.70. The highest BCUT2D eigenvalue weighted by atomic mass is 32.3. The van der Waals surface area contributed by atoms with Crippen molar-refractivity contribution in [1.29, 1.82) is 0 Å².